The second kappa shape index (κ2) is 3.57. The summed E-state index contributed by atoms with van der Waals surface area (Å²) in [7, 11) is 0. The lowest BCUT2D eigenvalue weighted by Gasteiger charge is -2.36. The lowest BCUT2D eigenvalue weighted by molar-refractivity contribution is -0.00272. The van der Waals surface area contributed by atoms with Crippen LogP contribution in [0.5, 0.6) is 0 Å². The quantitative estimate of drug-likeness (QED) is 0.618. The SMILES string of the molecule is CC[C@H]1CC[C@H](C)[C@@H](C)[C@@H]1O. The molecule has 0 bridgehead atoms. The first-order chi connectivity index (χ1) is 5.16. The van der Waals surface area contributed by atoms with Crippen molar-refractivity contribution in [2.75, 3.05) is 0 Å². The summed E-state index contributed by atoms with van der Waals surface area (Å²) in [5.74, 6) is 1.79. The molecule has 1 nitrogen and oxygen atoms in total. The Hall–Kier alpha value is -0.0400. The van der Waals surface area contributed by atoms with E-state index in [0.29, 0.717) is 17.8 Å². The Morgan fingerprint density at radius 2 is 1.91 bits per heavy atom. The standard InChI is InChI=1S/C10H20O/c1-4-9-6-5-7(2)8(3)10(9)11/h7-11H,4-6H2,1-3H3/t7-,8+,9-,10-/m0/s1. The molecule has 0 unspecified atom stereocenters. The predicted octanol–water partition coefficient (Wildman–Crippen LogP) is 2.44. The maximum atomic E-state index is 9.81. The van der Waals surface area contributed by atoms with Gasteiger partial charge in [-0.3, -0.25) is 0 Å². The highest BCUT2D eigenvalue weighted by molar-refractivity contribution is 4.82. The average Bonchev–Trinajstić information content (AvgIpc) is 2.01. The molecule has 1 aliphatic rings. The van der Waals surface area contributed by atoms with Crippen molar-refractivity contribution < 1.29 is 5.11 Å². The van der Waals surface area contributed by atoms with Crippen molar-refractivity contribution in [2.45, 2.75) is 46.1 Å². The first kappa shape index (κ1) is 9.05. The lowest BCUT2D eigenvalue weighted by atomic mass is 9.73. The van der Waals surface area contributed by atoms with Gasteiger partial charge < -0.3 is 5.11 Å². The zero-order chi connectivity index (χ0) is 8.43. The van der Waals surface area contributed by atoms with Gasteiger partial charge in [-0.25, -0.2) is 0 Å². The van der Waals surface area contributed by atoms with Gasteiger partial charge >= 0.3 is 0 Å². The van der Waals surface area contributed by atoms with Crippen LogP contribution in [0.4, 0.5) is 0 Å². The summed E-state index contributed by atoms with van der Waals surface area (Å²) in [5.41, 5.74) is 0. The summed E-state index contributed by atoms with van der Waals surface area (Å²) in [6, 6.07) is 0. The minimum Gasteiger partial charge on any atom is -0.393 e. The molecule has 1 N–H and O–H groups in total. The molecule has 0 amide bonds. The van der Waals surface area contributed by atoms with E-state index in [0.717, 1.165) is 6.42 Å². The van der Waals surface area contributed by atoms with Crippen molar-refractivity contribution >= 4 is 0 Å². The highest BCUT2D eigenvalue weighted by Gasteiger charge is 2.31. The van der Waals surface area contributed by atoms with Gasteiger partial charge in [-0.1, -0.05) is 33.6 Å². The van der Waals surface area contributed by atoms with E-state index in [1.54, 1.807) is 0 Å². The normalized spacial score (nSPS) is 45.8. The van der Waals surface area contributed by atoms with Gasteiger partial charge in [-0.15, -0.1) is 0 Å². The summed E-state index contributed by atoms with van der Waals surface area (Å²) in [6.45, 7) is 6.60. The van der Waals surface area contributed by atoms with Crippen LogP contribution in [0.1, 0.15) is 40.0 Å². The van der Waals surface area contributed by atoms with Gasteiger partial charge in [-0.05, 0) is 24.2 Å². The zero-order valence-electron chi connectivity index (χ0n) is 7.88. The van der Waals surface area contributed by atoms with E-state index in [4.69, 9.17) is 0 Å². The van der Waals surface area contributed by atoms with Gasteiger partial charge in [0.05, 0.1) is 6.10 Å². The summed E-state index contributed by atoms with van der Waals surface area (Å²) >= 11 is 0. The Balaban J connectivity index is 2.52. The van der Waals surface area contributed by atoms with Gasteiger partial charge in [0, 0.05) is 0 Å². The van der Waals surface area contributed by atoms with Gasteiger partial charge in [0.25, 0.3) is 0 Å². The number of aliphatic hydroxyl groups is 1. The van der Waals surface area contributed by atoms with Crippen LogP contribution < -0.4 is 0 Å². The molecule has 0 radical (unpaired) electrons. The van der Waals surface area contributed by atoms with Crippen molar-refractivity contribution in [3.8, 4) is 0 Å². The smallest absolute Gasteiger partial charge is 0.0596 e. The van der Waals surface area contributed by atoms with Crippen molar-refractivity contribution in [2.24, 2.45) is 17.8 Å². The molecular weight excluding hydrogens is 136 g/mol. The maximum absolute atomic E-state index is 9.81. The van der Waals surface area contributed by atoms with Crippen molar-refractivity contribution in [3.05, 3.63) is 0 Å². The minimum atomic E-state index is -0.0382. The van der Waals surface area contributed by atoms with Crippen LogP contribution in [0.25, 0.3) is 0 Å². The summed E-state index contributed by atoms with van der Waals surface area (Å²) in [6.07, 6.45) is 3.63. The van der Waals surface area contributed by atoms with Gasteiger partial charge in [0.2, 0.25) is 0 Å². The Morgan fingerprint density at radius 3 is 2.45 bits per heavy atom. The average molecular weight is 156 g/mol. The van der Waals surface area contributed by atoms with E-state index < -0.39 is 0 Å². The Morgan fingerprint density at radius 1 is 1.27 bits per heavy atom. The molecule has 66 valence electrons. The molecule has 0 saturated heterocycles. The predicted molar refractivity (Wildman–Crippen MR) is 47.3 cm³/mol. The van der Waals surface area contributed by atoms with Crippen LogP contribution in [-0.4, -0.2) is 11.2 Å². The van der Waals surface area contributed by atoms with E-state index in [2.05, 4.69) is 20.8 Å². The summed E-state index contributed by atoms with van der Waals surface area (Å²) < 4.78 is 0. The van der Waals surface area contributed by atoms with E-state index in [1.165, 1.54) is 12.8 Å². The van der Waals surface area contributed by atoms with Gasteiger partial charge in [0.1, 0.15) is 0 Å². The second-order valence-corrected chi connectivity index (χ2v) is 4.07. The van der Waals surface area contributed by atoms with Crippen molar-refractivity contribution in [1.82, 2.24) is 0 Å². The van der Waals surface area contributed by atoms with Crippen LogP contribution >= 0.6 is 0 Å². The first-order valence-corrected chi connectivity index (χ1v) is 4.84. The van der Waals surface area contributed by atoms with Crippen LogP contribution in [0.2, 0.25) is 0 Å². The molecule has 0 heterocycles. The topological polar surface area (TPSA) is 20.2 Å². The van der Waals surface area contributed by atoms with Crippen LogP contribution in [-0.2, 0) is 0 Å². The molecule has 0 spiro atoms. The third kappa shape index (κ3) is 1.76. The monoisotopic (exact) mass is 156 g/mol. The Kier molecular flexibility index (Phi) is 2.94. The molecule has 11 heavy (non-hydrogen) atoms. The van der Waals surface area contributed by atoms with Crippen LogP contribution in [0.3, 0.4) is 0 Å². The molecule has 4 atom stereocenters. The molecule has 0 aromatic rings. The number of aliphatic hydroxyl groups excluding tert-OH is 1. The molecule has 1 fully saturated rings. The molecular formula is C10H20O. The third-order valence-electron chi connectivity index (χ3n) is 3.44. The fourth-order valence-corrected chi connectivity index (χ4v) is 2.12. The molecule has 1 aliphatic carbocycles. The largest absolute Gasteiger partial charge is 0.393 e. The molecule has 0 aromatic carbocycles. The minimum absolute atomic E-state index is 0.0382. The van der Waals surface area contributed by atoms with E-state index >= 15 is 0 Å². The van der Waals surface area contributed by atoms with Gasteiger partial charge in [-0.2, -0.15) is 0 Å². The Labute approximate surface area is 69.8 Å². The van der Waals surface area contributed by atoms with E-state index in [9.17, 15) is 5.11 Å². The third-order valence-corrected chi connectivity index (χ3v) is 3.44. The number of hydrogen-bond donors (Lipinski definition) is 1. The number of rotatable bonds is 1. The fraction of sp³-hybridized carbons (Fsp3) is 1.00. The maximum Gasteiger partial charge on any atom is 0.0596 e. The highest BCUT2D eigenvalue weighted by Crippen LogP contribution is 2.34. The molecule has 1 heteroatoms. The van der Waals surface area contributed by atoms with Gasteiger partial charge in [0.15, 0.2) is 0 Å². The van der Waals surface area contributed by atoms with Crippen LogP contribution in [0.15, 0.2) is 0 Å². The zero-order valence-corrected chi connectivity index (χ0v) is 7.88. The number of hydrogen-bond acceptors (Lipinski definition) is 1. The van der Waals surface area contributed by atoms with Crippen LogP contribution in [0, 0.1) is 17.8 Å². The first-order valence-electron chi connectivity index (χ1n) is 4.84. The molecule has 1 rings (SSSR count). The lowest BCUT2D eigenvalue weighted by Crippen LogP contribution is -2.35. The van der Waals surface area contributed by atoms with E-state index in [1.807, 2.05) is 0 Å². The molecule has 0 aromatic heterocycles. The fourth-order valence-electron chi connectivity index (χ4n) is 2.12. The van der Waals surface area contributed by atoms with E-state index in [-0.39, 0.29) is 6.10 Å². The Bertz CT molecular complexity index is 120. The second-order valence-electron chi connectivity index (χ2n) is 4.07. The highest BCUT2D eigenvalue weighted by atomic mass is 16.3. The molecule has 1 saturated carbocycles. The molecule has 0 aliphatic heterocycles. The van der Waals surface area contributed by atoms with Crippen molar-refractivity contribution in [3.63, 3.8) is 0 Å². The van der Waals surface area contributed by atoms with Crippen molar-refractivity contribution in [1.29, 1.82) is 0 Å². The summed E-state index contributed by atoms with van der Waals surface area (Å²) in [5, 5.41) is 9.81. The summed E-state index contributed by atoms with van der Waals surface area (Å²) in [4.78, 5) is 0.